The third kappa shape index (κ3) is 5.70. The minimum absolute atomic E-state index is 0.0764. The second-order valence-corrected chi connectivity index (χ2v) is 6.88. The number of nitrogens with zero attached hydrogens (tertiary/aromatic N) is 1. The van der Waals surface area contributed by atoms with Gasteiger partial charge in [-0.1, -0.05) is 42.5 Å². The molecule has 2 aromatic carbocycles. The Hall–Kier alpha value is -3.09. The number of piperidine rings is 1. The second-order valence-electron chi connectivity index (χ2n) is 6.88. The van der Waals surface area contributed by atoms with Gasteiger partial charge >= 0.3 is 6.18 Å². The van der Waals surface area contributed by atoms with Crippen molar-refractivity contribution in [2.45, 2.75) is 32.0 Å². The first-order chi connectivity index (χ1) is 13.8. The van der Waals surface area contributed by atoms with Crippen molar-refractivity contribution in [2.75, 3.05) is 11.9 Å². The third-order valence-corrected chi connectivity index (χ3v) is 4.65. The van der Waals surface area contributed by atoms with E-state index in [0.717, 1.165) is 18.4 Å². The maximum Gasteiger partial charge on any atom is 0.417 e. The first-order valence-electron chi connectivity index (χ1n) is 9.35. The van der Waals surface area contributed by atoms with E-state index in [9.17, 15) is 22.8 Å². The van der Waals surface area contributed by atoms with E-state index in [2.05, 4.69) is 5.32 Å². The summed E-state index contributed by atoms with van der Waals surface area (Å²) in [7, 11) is 0. The van der Waals surface area contributed by atoms with Gasteiger partial charge < -0.3 is 10.2 Å². The minimum atomic E-state index is -4.66. The number of hydrogen-bond donors (Lipinski definition) is 1. The van der Waals surface area contributed by atoms with Crippen LogP contribution in [0.2, 0.25) is 0 Å². The number of hydrogen-bond acceptors (Lipinski definition) is 2. The first-order valence-corrected chi connectivity index (χ1v) is 9.35. The van der Waals surface area contributed by atoms with Crippen LogP contribution in [0.1, 0.15) is 30.4 Å². The number of carbonyl (C=O) groups excluding carboxylic acids is 2. The van der Waals surface area contributed by atoms with Crippen molar-refractivity contribution in [1.29, 1.82) is 0 Å². The number of anilines is 1. The maximum absolute atomic E-state index is 13.4. The number of alkyl halides is 3. The van der Waals surface area contributed by atoms with Gasteiger partial charge in [-0.25, -0.2) is 0 Å². The Morgan fingerprint density at radius 1 is 1.07 bits per heavy atom. The van der Waals surface area contributed by atoms with Crippen molar-refractivity contribution in [1.82, 2.24) is 4.90 Å². The highest BCUT2D eigenvalue weighted by Crippen LogP contribution is 2.33. The molecule has 2 aromatic rings. The van der Waals surface area contributed by atoms with Crippen molar-refractivity contribution in [2.24, 2.45) is 0 Å². The lowest BCUT2D eigenvalue weighted by molar-refractivity contribution is -0.133. The molecule has 4 nitrogen and oxygen atoms in total. The molecule has 0 unspecified atom stereocenters. The molecular weight excluding hydrogens is 381 g/mol. The zero-order valence-electron chi connectivity index (χ0n) is 15.7. The van der Waals surface area contributed by atoms with Crippen molar-refractivity contribution >= 4 is 23.1 Å². The summed E-state index contributed by atoms with van der Waals surface area (Å²) >= 11 is 0. The van der Waals surface area contributed by atoms with Crippen LogP contribution in [0.4, 0.5) is 18.9 Å². The quantitative estimate of drug-likeness (QED) is 0.732. The largest absolute Gasteiger partial charge is 0.417 e. The van der Waals surface area contributed by atoms with Crippen LogP contribution in [0.3, 0.4) is 0 Å². The number of halogens is 3. The summed E-state index contributed by atoms with van der Waals surface area (Å²) in [5, 5.41) is 2.48. The Labute approximate surface area is 167 Å². The van der Waals surface area contributed by atoms with E-state index in [-0.39, 0.29) is 11.5 Å². The first kappa shape index (κ1) is 20.6. The number of nitrogens with one attached hydrogen (secondary N) is 1. The van der Waals surface area contributed by atoms with Gasteiger partial charge in [0.1, 0.15) is 0 Å². The minimum Gasteiger partial charge on any atom is -0.338 e. The fraction of sp³-hybridized carbons (Fsp3) is 0.273. The molecule has 0 aromatic heterocycles. The molecule has 1 saturated heterocycles. The third-order valence-electron chi connectivity index (χ3n) is 4.65. The SMILES string of the molecule is O=C(/C=C(\c1ccccc1)C(F)(F)F)Nc1cccc(CN2CCCCC2=O)c1. The highest BCUT2D eigenvalue weighted by atomic mass is 19.4. The summed E-state index contributed by atoms with van der Waals surface area (Å²) in [5.74, 6) is -0.779. The van der Waals surface area contributed by atoms with Crippen LogP contribution in [-0.2, 0) is 16.1 Å². The summed E-state index contributed by atoms with van der Waals surface area (Å²) < 4.78 is 40.1. The van der Waals surface area contributed by atoms with Gasteiger partial charge in [-0.2, -0.15) is 13.2 Å². The topological polar surface area (TPSA) is 49.4 Å². The smallest absolute Gasteiger partial charge is 0.338 e. The molecule has 0 atom stereocenters. The Bertz CT molecular complexity index is 908. The van der Waals surface area contributed by atoms with E-state index >= 15 is 0 Å². The fourth-order valence-corrected chi connectivity index (χ4v) is 3.25. The zero-order valence-corrected chi connectivity index (χ0v) is 15.7. The maximum atomic E-state index is 13.4. The summed E-state index contributed by atoms with van der Waals surface area (Å²) in [6, 6.07) is 14.0. The van der Waals surface area contributed by atoms with Crippen LogP contribution in [0.15, 0.2) is 60.7 Å². The molecule has 0 spiro atoms. The van der Waals surface area contributed by atoms with Gasteiger partial charge in [0.25, 0.3) is 0 Å². The molecule has 0 aliphatic carbocycles. The van der Waals surface area contributed by atoms with E-state index in [4.69, 9.17) is 0 Å². The number of carbonyl (C=O) groups is 2. The standard InChI is InChI=1S/C22H21F3N2O2/c23-22(24,25)19(17-8-2-1-3-9-17)14-20(28)26-18-10-6-7-16(13-18)15-27-12-5-4-11-21(27)29/h1-3,6-10,13-14H,4-5,11-12,15H2,(H,26,28)/b19-14+. The molecule has 1 aliphatic rings. The van der Waals surface area contributed by atoms with E-state index in [1.54, 1.807) is 29.2 Å². The highest BCUT2D eigenvalue weighted by molar-refractivity contribution is 6.04. The highest BCUT2D eigenvalue weighted by Gasteiger charge is 2.35. The van der Waals surface area contributed by atoms with Crippen LogP contribution in [0, 0.1) is 0 Å². The molecular formula is C22H21F3N2O2. The van der Waals surface area contributed by atoms with E-state index < -0.39 is 17.7 Å². The molecule has 152 valence electrons. The molecule has 3 rings (SSSR count). The van der Waals surface area contributed by atoms with Gasteiger partial charge in [0, 0.05) is 31.3 Å². The molecule has 7 heteroatoms. The molecule has 2 amide bonds. The van der Waals surface area contributed by atoms with Gasteiger partial charge in [-0.15, -0.1) is 0 Å². The lowest BCUT2D eigenvalue weighted by Gasteiger charge is -2.26. The van der Waals surface area contributed by atoms with E-state index in [1.165, 1.54) is 24.3 Å². The van der Waals surface area contributed by atoms with Crippen molar-refractivity contribution < 1.29 is 22.8 Å². The molecule has 1 fully saturated rings. The average molecular weight is 402 g/mol. The van der Waals surface area contributed by atoms with Crippen molar-refractivity contribution in [3.05, 3.63) is 71.8 Å². The number of likely N-dealkylation sites (tertiary alicyclic amines) is 1. The predicted octanol–water partition coefficient (Wildman–Crippen LogP) is 4.78. The van der Waals surface area contributed by atoms with E-state index in [1.807, 2.05) is 6.07 Å². The Balaban J connectivity index is 1.74. The number of allylic oxidation sites excluding steroid dienone is 1. The Kier molecular flexibility index (Phi) is 6.36. The number of rotatable bonds is 5. The van der Waals surface area contributed by atoms with Gasteiger partial charge in [0.05, 0.1) is 5.57 Å². The van der Waals surface area contributed by atoms with Crippen LogP contribution in [0.5, 0.6) is 0 Å². The molecule has 0 saturated carbocycles. The van der Waals surface area contributed by atoms with Crippen LogP contribution >= 0.6 is 0 Å². The van der Waals surface area contributed by atoms with Crippen LogP contribution in [0.25, 0.3) is 5.57 Å². The predicted molar refractivity (Wildman–Crippen MR) is 105 cm³/mol. The lowest BCUT2D eigenvalue weighted by atomic mass is 10.0. The molecule has 1 N–H and O–H groups in total. The lowest BCUT2D eigenvalue weighted by Crippen LogP contribution is -2.34. The second kappa shape index (κ2) is 8.94. The Morgan fingerprint density at radius 3 is 2.52 bits per heavy atom. The normalized spacial score (nSPS) is 15.3. The van der Waals surface area contributed by atoms with Crippen molar-refractivity contribution in [3.8, 4) is 0 Å². The summed E-state index contributed by atoms with van der Waals surface area (Å²) in [6.45, 7) is 1.10. The molecule has 0 radical (unpaired) electrons. The molecule has 29 heavy (non-hydrogen) atoms. The Morgan fingerprint density at radius 2 is 1.83 bits per heavy atom. The van der Waals surface area contributed by atoms with Crippen LogP contribution in [-0.4, -0.2) is 29.4 Å². The van der Waals surface area contributed by atoms with Gasteiger partial charge in [0.2, 0.25) is 11.8 Å². The van der Waals surface area contributed by atoms with Gasteiger partial charge in [-0.05, 0) is 36.1 Å². The fourth-order valence-electron chi connectivity index (χ4n) is 3.25. The molecule has 1 aliphatic heterocycles. The number of benzene rings is 2. The summed E-state index contributed by atoms with van der Waals surface area (Å²) in [4.78, 5) is 25.9. The summed E-state index contributed by atoms with van der Waals surface area (Å²) in [6.07, 6.45) is -1.72. The van der Waals surface area contributed by atoms with Gasteiger partial charge in [-0.3, -0.25) is 9.59 Å². The number of amides is 2. The van der Waals surface area contributed by atoms with Crippen LogP contribution < -0.4 is 5.32 Å². The summed E-state index contributed by atoms with van der Waals surface area (Å²) in [5.41, 5.74) is 0.0992. The van der Waals surface area contributed by atoms with Gasteiger partial charge in [0.15, 0.2) is 0 Å². The molecule has 1 heterocycles. The zero-order chi connectivity index (χ0) is 20.9. The average Bonchev–Trinajstić information content (AvgIpc) is 2.68. The van der Waals surface area contributed by atoms with Crippen molar-refractivity contribution in [3.63, 3.8) is 0 Å². The van der Waals surface area contributed by atoms with E-state index in [0.29, 0.717) is 31.3 Å². The monoisotopic (exact) mass is 402 g/mol. The molecule has 0 bridgehead atoms.